The van der Waals surface area contributed by atoms with Crippen LogP contribution in [0.15, 0.2) is 0 Å². The first-order chi connectivity index (χ1) is 7.02. The minimum Gasteiger partial charge on any atom is -0.395 e. The van der Waals surface area contributed by atoms with Gasteiger partial charge in [-0.15, -0.1) is 0 Å². The van der Waals surface area contributed by atoms with Crippen molar-refractivity contribution in [1.29, 1.82) is 0 Å². The Kier molecular flexibility index (Phi) is 5.03. The summed E-state index contributed by atoms with van der Waals surface area (Å²) in [4.78, 5) is 2.34. The van der Waals surface area contributed by atoms with Gasteiger partial charge in [-0.3, -0.25) is 0 Å². The smallest absolute Gasteiger partial charge is 0.0597 e. The Morgan fingerprint density at radius 3 is 2.47 bits per heavy atom. The first kappa shape index (κ1) is 12.9. The number of nitrogens with one attached hydrogen (secondary N) is 1. The third-order valence-electron chi connectivity index (χ3n) is 3.14. The van der Waals surface area contributed by atoms with Gasteiger partial charge in [0.2, 0.25) is 0 Å². The van der Waals surface area contributed by atoms with E-state index in [2.05, 4.69) is 38.0 Å². The van der Waals surface area contributed by atoms with Gasteiger partial charge in [-0.25, -0.2) is 0 Å². The molecule has 1 rings (SSSR count). The maximum Gasteiger partial charge on any atom is 0.0597 e. The van der Waals surface area contributed by atoms with Crippen molar-refractivity contribution in [1.82, 2.24) is 10.2 Å². The van der Waals surface area contributed by atoms with E-state index in [1.165, 1.54) is 13.0 Å². The molecule has 0 saturated heterocycles. The van der Waals surface area contributed by atoms with Gasteiger partial charge in [-0.05, 0) is 25.3 Å². The molecule has 0 amide bonds. The number of hydrogen-bond donors (Lipinski definition) is 2. The summed E-state index contributed by atoms with van der Waals surface area (Å²) in [7, 11) is 2.15. The average Bonchev–Trinajstić information content (AvgIpc) is 2.79. The topological polar surface area (TPSA) is 35.5 Å². The lowest BCUT2D eigenvalue weighted by atomic mass is 10.2. The van der Waals surface area contributed by atoms with Crippen molar-refractivity contribution in [3.8, 4) is 0 Å². The van der Waals surface area contributed by atoms with Crippen LogP contribution in [-0.2, 0) is 0 Å². The summed E-state index contributed by atoms with van der Waals surface area (Å²) in [6.45, 7) is 8.89. The summed E-state index contributed by atoms with van der Waals surface area (Å²) in [5.74, 6) is 1.81. The van der Waals surface area contributed by atoms with E-state index in [0.717, 1.165) is 18.4 Å². The Balaban J connectivity index is 2.18. The molecule has 1 aliphatic rings. The second kappa shape index (κ2) is 5.83. The van der Waals surface area contributed by atoms with Crippen LogP contribution in [0.5, 0.6) is 0 Å². The minimum atomic E-state index is 0.212. The molecule has 2 N–H and O–H groups in total. The van der Waals surface area contributed by atoms with Crippen molar-refractivity contribution >= 4 is 0 Å². The van der Waals surface area contributed by atoms with Crippen molar-refractivity contribution in [2.24, 2.45) is 11.8 Å². The lowest BCUT2D eigenvalue weighted by Crippen LogP contribution is -2.45. The maximum absolute atomic E-state index is 9.24. The number of likely N-dealkylation sites (N-methyl/N-ethyl adjacent to an activating group) is 1. The van der Waals surface area contributed by atoms with E-state index < -0.39 is 0 Å². The Morgan fingerprint density at radius 1 is 1.47 bits per heavy atom. The molecule has 1 aliphatic carbocycles. The molecule has 0 radical (unpaired) electrons. The first-order valence-electron chi connectivity index (χ1n) is 6.08. The highest BCUT2D eigenvalue weighted by Gasteiger charge is 2.33. The highest BCUT2D eigenvalue weighted by molar-refractivity contribution is 4.85. The highest BCUT2D eigenvalue weighted by Crippen LogP contribution is 2.37. The van der Waals surface area contributed by atoms with Gasteiger partial charge in [0.25, 0.3) is 0 Å². The Bertz CT molecular complexity index is 184. The third-order valence-corrected chi connectivity index (χ3v) is 3.14. The van der Waals surface area contributed by atoms with Crippen molar-refractivity contribution in [2.45, 2.75) is 39.3 Å². The zero-order chi connectivity index (χ0) is 11.4. The van der Waals surface area contributed by atoms with Gasteiger partial charge in [0, 0.05) is 25.2 Å². The molecular weight excluding hydrogens is 188 g/mol. The summed E-state index contributed by atoms with van der Waals surface area (Å²) in [6, 6.07) is 0.652. The van der Waals surface area contributed by atoms with Crippen LogP contribution in [0.25, 0.3) is 0 Å². The van der Waals surface area contributed by atoms with Gasteiger partial charge in [-0.2, -0.15) is 0 Å². The maximum atomic E-state index is 9.24. The van der Waals surface area contributed by atoms with Crippen LogP contribution in [0, 0.1) is 11.8 Å². The van der Waals surface area contributed by atoms with Crippen molar-refractivity contribution < 1.29 is 5.11 Å². The fourth-order valence-corrected chi connectivity index (χ4v) is 2.14. The molecule has 0 heterocycles. The molecule has 15 heavy (non-hydrogen) atoms. The van der Waals surface area contributed by atoms with Crippen LogP contribution in [0.2, 0.25) is 0 Å². The third kappa shape index (κ3) is 4.96. The summed E-state index contributed by atoms with van der Waals surface area (Å²) < 4.78 is 0. The Morgan fingerprint density at radius 2 is 2.07 bits per heavy atom. The molecular formula is C12H26N2O. The van der Waals surface area contributed by atoms with Crippen LogP contribution in [0.4, 0.5) is 0 Å². The van der Waals surface area contributed by atoms with Crippen molar-refractivity contribution in [3.63, 3.8) is 0 Å². The monoisotopic (exact) mass is 214 g/mol. The molecule has 0 aliphatic heterocycles. The van der Waals surface area contributed by atoms with E-state index in [0.29, 0.717) is 6.04 Å². The second-order valence-corrected chi connectivity index (χ2v) is 5.40. The van der Waals surface area contributed by atoms with E-state index in [9.17, 15) is 5.11 Å². The Labute approximate surface area is 93.9 Å². The van der Waals surface area contributed by atoms with Crippen molar-refractivity contribution in [3.05, 3.63) is 0 Å². The normalized spacial score (nSPS) is 27.4. The van der Waals surface area contributed by atoms with Gasteiger partial charge in [0.15, 0.2) is 0 Å². The number of nitrogens with zero attached hydrogens (tertiary/aromatic N) is 1. The lowest BCUT2D eigenvalue weighted by Gasteiger charge is -2.25. The van der Waals surface area contributed by atoms with Gasteiger partial charge >= 0.3 is 0 Å². The number of aliphatic hydroxyl groups excluding tert-OH is 1. The first-order valence-corrected chi connectivity index (χ1v) is 6.08. The molecule has 0 aromatic heterocycles. The van der Waals surface area contributed by atoms with Gasteiger partial charge in [0.1, 0.15) is 0 Å². The molecule has 0 bridgehead atoms. The molecule has 90 valence electrons. The van der Waals surface area contributed by atoms with Crippen LogP contribution in [-0.4, -0.2) is 48.8 Å². The largest absolute Gasteiger partial charge is 0.395 e. The number of hydrogen-bond acceptors (Lipinski definition) is 3. The van der Waals surface area contributed by atoms with Crippen molar-refractivity contribution in [2.75, 3.05) is 26.7 Å². The second-order valence-electron chi connectivity index (χ2n) is 5.40. The molecule has 0 spiro atoms. The van der Waals surface area contributed by atoms with Gasteiger partial charge in [0.05, 0.1) is 6.61 Å². The van der Waals surface area contributed by atoms with E-state index in [4.69, 9.17) is 0 Å². The summed E-state index contributed by atoms with van der Waals surface area (Å²) in [6.07, 6.45) is 1.38. The highest BCUT2D eigenvalue weighted by atomic mass is 16.3. The SMILES string of the molecule is CC(C)NC(CO)CN(C)CC1CC1C. The molecule has 3 atom stereocenters. The number of aliphatic hydroxyl groups is 1. The van der Waals surface area contributed by atoms with E-state index in [1.54, 1.807) is 0 Å². The molecule has 0 aromatic carbocycles. The fourth-order valence-electron chi connectivity index (χ4n) is 2.14. The van der Waals surface area contributed by atoms with Crippen LogP contribution >= 0.6 is 0 Å². The molecule has 3 heteroatoms. The average molecular weight is 214 g/mol. The summed E-state index contributed by atoms with van der Waals surface area (Å²) >= 11 is 0. The molecule has 0 aromatic rings. The lowest BCUT2D eigenvalue weighted by molar-refractivity contribution is 0.188. The zero-order valence-corrected chi connectivity index (χ0v) is 10.5. The summed E-state index contributed by atoms with van der Waals surface area (Å²) in [5, 5.41) is 12.6. The molecule has 1 fully saturated rings. The predicted molar refractivity (Wildman–Crippen MR) is 63.9 cm³/mol. The van der Waals surface area contributed by atoms with Crippen LogP contribution in [0.3, 0.4) is 0 Å². The van der Waals surface area contributed by atoms with E-state index in [-0.39, 0.29) is 12.6 Å². The van der Waals surface area contributed by atoms with Crippen LogP contribution < -0.4 is 5.32 Å². The zero-order valence-electron chi connectivity index (χ0n) is 10.5. The van der Waals surface area contributed by atoms with E-state index in [1.807, 2.05) is 0 Å². The minimum absolute atomic E-state index is 0.212. The van der Waals surface area contributed by atoms with Gasteiger partial charge < -0.3 is 15.3 Å². The molecule has 1 saturated carbocycles. The fraction of sp³-hybridized carbons (Fsp3) is 1.00. The molecule has 3 unspecified atom stereocenters. The van der Waals surface area contributed by atoms with Gasteiger partial charge in [-0.1, -0.05) is 20.8 Å². The standard InChI is InChI=1S/C12H26N2O/c1-9(2)13-12(8-15)7-14(4)6-11-5-10(11)3/h9-13,15H,5-8H2,1-4H3. The number of rotatable bonds is 7. The Hall–Kier alpha value is -0.120. The van der Waals surface area contributed by atoms with Crippen LogP contribution in [0.1, 0.15) is 27.2 Å². The molecule has 3 nitrogen and oxygen atoms in total. The van der Waals surface area contributed by atoms with E-state index >= 15 is 0 Å². The quantitative estimate of drug-likeness (QED) is 0.662. The predicted octanol–water partition coefficient (Wildman–Crippen LogP) is 0.933. The summed E-state index contributed by atoms with van der Waals surface area (Å²) in [5.41, 5.74) is 0.